The average molecular weight is 379 g/mol. The molecular weight excluding hydrogens is 364 g/mol. The van der Waals surface area contributed by atoms with Crippen LogP contribution in [0.25, 0.3) is 11.2 Å². The second-order valence-corrected chi connectivity index (χ2v) is 6.25. The van der Waals surface area contributed by atoms with Crippen LogP contribution in [-0.4, -0.2) is 38.2 Å². The Morgan fingerprint density at radius 3 is 2.92 bits per heavy atom. The molecule has 2 aromatic heterocycles. The largest absolute Gasteiger partial charge is 0.396 e. The SMILES string of the molecule is O=c1cnc2c(NCCCO)nc(SCc3cccc(F)c3F)nc2[nH]1. The lowest BCUT2D eigenvalue weighted by atomic mass is 10.2. The van der Waals surface area contributed by atoms with Crippen LogP contribution in [0.5, 0.6) is 0 Å². The number of hydrogen-bond donors (Lipinski definition) is 3. The zero-order valence-electron chi connectivity index (χ0n) is 13.5. The highest BCUT2D eigenvalue weighted by Gasteiger charge is 2.13. The van der Waals surface area contributed by atoms with Crippen LogP contribution in [0, 0.1) is 11.6 Å². The lowest BCUT2D eigenvalue weighted by Crippen LogP contribution is -2.11. The van der Waals surface area contributed by atoms with Crippen LogP contribution < -0.4 is 10.9 Å². The predicted octanol–water partition coefficient (Wildman–Crippen LogP) is 2.08. The van der Waals surface area contributed by atoms with E-state index in [4.69, 9.17) is 5.11 Å². The highest BCUT2D eigenvalue weighted by Crippen LogP contribution is 2.25. The summed E-state index contributed by atoms with van der Waals surface area (Å²) in [5.41, 5.74) is 0.392. The monoisotopic (exact) mass is 379 g/mol. The number of aromatic amines is 1. The first kappa shape index (κ1) is 18.2. The van der Waals surface area contributed by atoms with E-state index >= 15 is 0 Å². The van der Waals surface area contributed by atoms with Crippen LogP contribution in [0.1, 0.15) is 12.0 Å². The van der Waals surface area contributed by atoms with Crippen LogP contribution in [0.2, 0.25) is 0 Å². The van der Waals surface area contributed by atoms with Crippen molar-refractivity contribution in [3.8, 4) is 0 Å². The van der Waals surface area contributed by atoms with E-state index in [0.717, 1.165) is 24.0 Å². The minimum absolute atomic E-state index is 0.0146. The van der Waals surface area contributed by atoms with Gasteiger partial charge in [0.15, 0.2) is 28.3 Å². The number of hydrogen-bond acceptors (Lipinski definition) is 7. The summed E-state index contributed by atoms with van der Waals surface area (Å²) >= 11 is 1.10. The first-order chi connectivity index (χ1) is 12.6. The average Bonchev–Trinajstić information content (AvgIpc) is 2.62. The Bertz CT molecular complexity index is 983. The molecule has 10 heteroatoms. The van der Waals surface area contributed by atoms with E-state index in [1.54, 1.807) is 0 Å². The molecule has 0 aliphatic rings. The first-order valence-corrected chi connectivity index (χ1v) is 8.74. The van der Waals surface area contributed by atoms with Crippen LogP contribution in [0.4, 0.5) is 14.6 Å². The fraction of sp³-hybridized carbons (Fsp3) is 0.250. The molecule has 7 nitrogen and oxygen atoms in total. The highest BCUT2D eigenvalue weighted by molar-refractivity contribution is 7.98. The lowest BCUT2D eigenvalue weighted by Gasteiger charge is -2.09. The van der Waals surface area contributed by atoms with Gasteiger partial charge >= 0.3 is 0 Å². The molecule has 2 heterocycles. The molecule has 0 aliphatic heterocycles. The van der Waals surface area contributed by atoms with Gasteiger partial charge in [0, 0.05) is 24.5 Å². The Morgan fingerprint density at radius 1 is 1.27 bits per heavy atom. The van der Waals surface area contributed by atoms with E-state index in [-0.39, 0.29) is 28.7 Å². The molecule has 0 spiro atoms. The van der Waals surface area contributed by atoms with Gasteiger partial charge in [0.2, 0.25) is 0 Å². The maximum Gasteiger partial charge on any atom is 0.268 e. The maximum absolute atomic E-state index is 13.8. The summed E-state index contributed by atoms with van der Waals surface area (Å²) < 4.78 is 27.1. The molecule has 3 N–H and O–H groups in total. The topological polar surface area (TPSA) is 104 Å². The molecular formula is C16H15F2N5O2S. The Kier molecular flexibility index (Phi) is 5.74. The van der Waals surface area contributed by atoms with Crippen LogP contribution in [-0.2, 0) is 5.75 Å². The van der Waals surface area contributed by atoms with Crippen LogP contribution >= 0.6 is 11.8 Å². The van der Waals surface area contributed by atoms with Crippen molar-refractivity contribution in [2.45, 2.75) is 17.3 Å². The van der Waals surface area contributed by atoms with Crippen molar-refractivity contribution < 1.29 is 13.9 Å². The van der Waals surface area contributed by atoms with Crippen molar-refractivity contribution in [1.82, 2.24) is 19.9 Å². The third kappa shape index (κ3) is 4.14. The van der Waals surface area contributed by atoms with Gasteiger partial charge in [-0.15, -0.1) is 0 Å². The van der Waals surface area contributed by atoms with Gasteiger partial charge in [-0.25, -0.2) is 23.7 Å². The number of halogens is 2. The summed E-state index contributed by atoms with van der Waals surface area (Å²) in [7, 11) is 0. The fourth-order valence-electron chi connectivity index (χ4n) is 2.19. The van der Waals surface area contributed by atoms with Gasteiger partial charge in [-0.05, 0) is 12.5 Å². The van der Waals surface area contributed by atoms with Gasteiger partial charge in [0.25, 0.3) is 5.56 Å². The summed E-state index contributed by atoms with van der Waals surface area (Å²) in [6.45, 7) is 0.465. The number of fused-ring (bicyclic) bond motifs is 1. The summed E-state index contributed by atoms with van der Waals surface area (Å²) in [5, 5.41) is 12.2. The van der Waals surface area contributed by atoms with E-state index in [0.29, 0.717) is 24.3 Å². The van der Waals surface area contributed by atoms with Crippen molar-refractivity contribution in [2.75, 3.05) is 18.5 Å². The molecule has 0 saturated carbocycles. The number of benzene rings is 1. The molecule has 0 atom stereocenters. The number of aliphatic hydroxyl groups excluding tert-OH is 1. The number of aromatic nitrogens is 4. The zero-order chi connectivity index (χ0) is 18.5. The van der Waals surface area contributed by atoms with Crippen LogP contribution in [0.15, 0.2) is 34.3 Å². The van der Waals surface area contributed by atoms with E-state index in [1.807, 2.05) is 0 Å². The third-order valence-electron chi connectivity index (χ3n) is 3.43. The van der Waals surface area contributed by atoms with Crippen molar-refractivity contribution in [1.29, 1.82) is 0 Å². The van der Waals surface area contributed by atoms with Crippen molar-refractivity contribution >= 4 is 28.7 Å². The zero-order valence-corrected chi connectivity index (χ0v) is 14.3. The quantitative estimate of drug-likeness (QED) is 0.328. The number of thioether (sulfide) groups is 1. The Balaban J connectivity index is 1.89. The maximum atomic E-state index is 13.8. The summed E-state index contributed by atoms with van der Waals surface area (Å²) in [6, 6.07) is 3.96. The second-order valence-electron chi connectivity index (χ2n) is 5.31. The molecule has 0 bridgehead atoms. The second kappa shape index (κ2) is 8.19. The van der Waals surface area contributed by atoms with Crippen molar-refractivity contribution in [2.24, 2.45) is 0 Å². The van der Waals surface area contributed by atoms with E-state index < -0.39 is 17.2 Å². The Labute approximate surface area is 150 Å². The molecule has 0 amide bonds. The summed E-state index contributed by atoms with van der Waals surface area (Å²) in [4.78, 5) is 26.7. The van der Waals surface area contributed by atoms with Crippen molar-refractivity contribution in [3.63, 3.8) is 0 Å². The molecule has 0 fully saturated rings. The minimum Gasteiger partial charge on any atom is -0.396 e. The van der Waals surface area contributed by atoms with Gasteiger partial charge < -0.3 is 15.4 Å². The summed E-state index contributed by atoms with van der Waals surface area (Å²) in [6.07, 6.45) is 1.63. The van der Waals surface area contributed by atoms with Gasteiger partial charge in [-0.2, -0.15) is 0 Å². The first-order valence-electron chi connectivity index (χ1n) is 7.76. The van der Waals surface area contributed by atoms with Crippen LogP contribution in [0.3, 0.4) is 0 Å². The van der Waals surface area contributed by atoms with Crippen molar-refractivity contribution in [3.05, 3.63) is 51.9 Å². The standard InChI is InChI=1S/C16H15F2N5O2S/c17-10-4-1-3-9(12(10)18)8-26-16-22-14(19-5-2-6-24)13-15(23-16)21-11(25)7-20-13/h1,3-4,7,24H,2,5-6,8H2,(H2,19,21,22,23,25). The molecule has 26 heavy (non-hydrogen) atoms. The molecule has 1 aromatic carbocycles. The number of aliphatic hydroxyl groups is 1. The lowest BCUT2D eigenvalue weighted by molar-refractivity contribution is 0.292. The molecule has 3 aromatic rings. The van der Waals surface area contributed by atoms with E-state index in [2.05, 4.69) is 25.3 Å². The highest BCUT2D eigenvalue weighted by atomic mass is 32.2. The van der Waals surface area contributed by atoms with E-state index in [9.17, 15) is 13.6 Å². The molecule has 0 aliphatic carbocycles. The van der Waals surface area contributed by atoms with Gasteiger partial charge in [0.05, 0.1) is 6.20 Å². The van der Waals surface area contributed by atoms with E-state index in [1.165, 1.54) is 12.1 Å². The number of H-pyrrole nitrogens is 1. The Morgan fingerprint density at radius 2 is 2.12 bits per heavy atom. The molecule has 0 unspecified atom stereocenters. The fourth-order valence-corrected chi connectivity index (χ4v) is 3.01. The van der Waals surface area contributed by atoms with Gasteiger partial charge in [0.1, 0.15) is 5.52 Å². The number of rotatable bonds is 7. The normalized spacial score (nSPS) is 11.0. The molecule has 0 saturated heterocycles. The molecule has 3 rings (SSSR count). The van der Waals surface area contributed by atoms with Gasteiger partial charge in [-0.1, -0.05) is 23.9 Å². The molecule has 136 valence electrons. The predicted molar refractivity (Wildman–Crippen MR) is 94.1 cm³/mol. The number of nitrogens with zero attached hydrogens (tertiary/aromatic N) is 3. The van der Waals surface area contributed by atoms with Gasteiger partial charge in [-0.3, -0.25) is 4.79 Å². The Hall–Kier alpha value is -2.59. The summed E-state index contributed by atoms with van der Waals surface area (Å²) in [5.74, 6) is -1.31. The number of anilines is 1. The number of nitrogens with one attached hydrogen (secondary N) is 2. The molecule has 0 radical (unpaired) electrons. The minimum atomic E-state index is -0.914. The third-order valence-corrected chi connectivity index (χ3v) is 4.33. The smallest absolute Gasteiger partial charge is 0.268 e.